The van der Waals surface area contributed by atoms with Crippen LogP contribution < -0.4 is 4.74 Å². The number of carbonyl (C=O) groups is 1. The molecule has 8 heteroatoms. The van der Waals surface area contributed by atoms with Crippen molar-refractivity contribution in [1.29, 1.82) is 0 Å². The van der Waals surface area contributed by atoms with Crippen molar-refractivity contribution in [2.24, 2.45) is 0 Å². The van der Waals surface area contributed by atoms with Gasteiger partial charge in [0.2, 0.25) is 0 Å². The molecule has 2 aromatic heterocycles. The summed E-state index contributed by atoms with van der Waals surface area (Å²) in [5.74, 6) is 1.38. The summed E-state index contributed by atoms with van der Waals surface area (Å²) in [6.45, 7) is 4.92. The van der Waals surface area contributed by atoms with Gasteiger partial charge in [0.15, 0.2) is 14.5 Å². The zero-order valence-corrected chi connectivity index (χ0v) is 18.8. The van der Waals surface area contributed by atoms with Crippen LogP contribution in [0, 0.1) is 13.8 Å². The highest BCUT2D eigenvalue weighted by atomic mass is 32.2. The van der Waals surface area contributed by atoms with Gasteiger partial charge in [-0.1, -0.05) is 47.0 Å². The number of aryl methyl sites for hydroxylation is 2. The van der Waals surface area contributed by atoms with Crippen LogP contribution in [-0.4, -0.2) is 39.7 Å². The number of Topliss-reactive ketones (excluding diaryl/α,β-unsaturated/α-hetero) is 1. The maximum atomic E-state index is 12.7. The number of hydrogen-bond donors (Lipinski definition) is 0. The van der Waals surface area contributed by atoms with Crippen LogP contribution in [0.1, 0.15) is 27.3 Å². The van der Waals surface area contributed by atoms with Crippen LogP contribution in [0.15, 0.2) is 39.0 Å². The second-order valence-electron chi connectivity index (χ2n) is 6.28. The van der Waals surface area contributed by atoms with Crippen LogP contribution in [0.2, 0.25) is 0 Å². The number of rotatable bonds is 9. The van der Waals surface area contributed by atoms with E-state index in [4.69, 9.17) is 4.74 Å². The fourth-order valence-corrected chi connectivity index (χ4v) is 5.33. The van der Waals surface area contributed by atoms with Gasteiger partial charge >= 0.3 is 0 Å². The predicted octanol–water partition coefficient (Wildman–Crippen LogP) is 4.90. The summed E-state index contributed by atoms with van der Waals surface area (Å²) in [5.41, 5.74) is 4.19. The molecular weight excluding hydrogens is 410 g/mol. The summed E-state index contributed by atoms with van der Waals surface area (Å²) in [7, 11) is 1.67. The minimum absolute atomic E-state index is 0.134. The van der Waals surface area contributed by atoms with E-state index in [0.29, 0.717) is 5.75 Å². The standard InChI is InChI=1S/C20H23N3O2S3/c1-13-11-17(18(24)12-27-20-22-21-19(26-4)28-20)14(2)23(13)10-9-15-5-7-16(25-3)8-6-15/h5-8,11H,9-10,12H2,1-4H3. The third-order valence-corrected chi connectivity index (χ3v) is 7.58. The minimum Gasteiger partial charge on any atom is -0.497 e. The Morgan fingerprint density at radius 1 is 1.18 bits per heavy atom. The Morgan fingerprint density at radius 3 is 2.54 bits per heavy atom. The third-order valence-electron chi connectivity index (χ3n) is 4.55. The molecule has 28 heavy (non-hydrogen) atoms. The predicted molar refractivity (Wildman–Crippen MR) is 117 cm³/mol. The van der Waals surface area contributed by atoms with E-state index < -0.39 is 0 Å². The van der Waals surface area contributed by atoms with Crippen LogP contribution in [0.5, 0.6) is 5.75 Å². The quantitative estimate of drug-likeness (QED) is 0.353. The van der Waals surface area contributed by atoms with Crippen molar-refractivity contribution in [3.8, 4) is 5.75 Å². The molecule has 0 bridgehead atoms. The molecule has 148 valence electrons. The Bertz CT molecular complexity index is 948. The van der Waals surface area contributed by atoms with Crippen molar-refractivity contribution < 1.29 is 9.53 Å². The van der Waals surface area contributed by atoms with E-state index in [0.717, 1.165) is 44.3 Å². The highest BCUT2D eigenvalue weighted by molar-refractivity contribution is 8.03. The molecular formula is C20H23N3O2S3. The summed E-state index contributed by atoms with van der Waals surface area (Å²) in [6, 6.07) is 10.1. The number of aromatic nitrogens is 3. The second-order valence-corrected chi connectivity index (χ2v) is 9.54. The number of hydrogen-bond acceptors (Lipinski definition) is 7. The Balaban J connectivity index is 1.63. The molecule has 3 aromatic rings. The average Bonchev–Trinajstić information content (AvgIpc) is 3.29. The number of nitrogens with zero attached hydrogens (tertiary/aromatic N) is 3. The van der Waals surface area contributed by atoms with Gasteiger partial charge in [-0.15, -0.1) is 10.2 Å². The molecule has 0 spiro atoms. The molecule has 2 heterocycles. The molecule has 0 saturated carbocycles. The Labute approximate surface area is 177 Å². The molecule has 0 aliphatic rings. The Morgan fingerprint density at radius 2 is 1.89 bits per heavy atom. The lowest BCUT2D eigenvalue weighted by atomic mass is 10.1. The molecule has 1 aromatic carbocycles. The first-order chi connectivity index (χ1) is 13.5. The maximum absolute atomic E-state index is 12.7. The molecule has 0 fully saturated rings. The molecule has 0 atom stereocenters. The van der Waals surface area contributed by atoms with E-state index in [1.165, 1.54) is 28.7 Å². The second kappa shape index (κ2) is 9.62. The van der Waals surface area contributed by atoms with E-state index >= 15 is 0 Å². The number of thioether (sulfide) groups is 2. The van der Waals surface area contributed by atoms with Crippen molar-refractivity contribution in [2.75, 3.05) is 19.1 Å². The summed E-state index contributed by atoms with van der Waals surface area (Å²) >= 11 is 4.56. The SMILES string of the molecule is COc1ccc(CCn2c(C)cc(C(=O)CSc3nnc(SC)s3)c2C)cc1. The van der Waals surface area contributed by atoms with Gasteiger partial charge in [-0.2, -0.15) is 0 Å². The molecule has 0 N–H and O–H groups in total. The fourth-order valence-electron chi connectivity index (χ4n) is 3.00. The fraction of sp³-hybridized carbons (Fsp3) is 0.350. The van der Waals surface area contributed by atoms with Gasteiger partial charge in [-0.25, -0.2) is 0 Å². The van der Waals surface area contributed by atoms with Gasteiger partial charge in [0, 0.05) is 23.5 Å². The highest BCUT2D eigenvalue weighted by Gasteiger charge is 2.17. The van der Waals surface area contributed by atoms with Gasteiger partial charge in [0.25, 0.3) is 0 Å². The summed E-state index contributed by atoms with van der Waals surface area (Å²) in [5, 5.41) is 8.19. The van der Waals surface area contributed by atoms with Crippen molar-refractivity contribution in [3.05, 3.63) is 52.8 Å². The Kier molecular flexibility index (Phi) is 7.20. The first-order valence-electron chi connectivity index (χ1n) is 8.85. The van der Waals surface area contributed by atoms with Gasteiger partial charge in [-0.3, -0.25) is 4.79 Å². The van der Waals surface area contributed by atoms with Gasteiger partial charge in [0.05, 0.1) is 12.9 Å². The lowest BCUT2D eigenvalue weighted by Gasteiger charge is -2.10. The third kappa shape index (κ3) is 4.98. The molecule has 0 radical (unpaired) electrons. The maximum Gasteiger partial charge on any atom is 0.175 e. The van der Waals surface area contributed by atoms with E-state index in [-0.39, 0.29) is 5.78 Å². The molecule has 0 aliphatic carbocycles. The number of carbonyl (C=O) groups excluding carboxylic acids is 1. The normalized spacial score (nSPS) is 11.0. The molecule has 0 unspecified atom stereocenters. The zero-order chi connectivity index (χ0) is 20.1. The van der Waals surface area contributed by atoms with Crippen molar-refractivity contribution in [1.82, 2.24) is 14.8 Å². The molecule has 0 saturated heterocycles. The van der Waals surface area contributed by atoms with Crippen LogP contribution >= 0.6 is 34.9 Å². The van der Waals surface area contributed by atoms with Crippen LogP contribution in [0.4, 0.5) is 0 Å². The van der Waals surface area contributed by atoms with Crippen molar-refractivity contribution in [2.45, 2.75) is 35.5 Å². The monoisotopic (exact) mass is 433 g/mol. The zero-order valence-electron chi connectivity index (χ0n) is 16.4. The number of benzene rings is 1. The van der Waals surface area contributed by atoms with E-state index in [2.05, 4.69) is 33.8 Å². The van der Waals surface area contributed by atoms with E-state index in [9.17, 15) is 4.79 Å². The summed E-state index contributed by atoms with van der Waals surface area (Å²) in [6.07, 6.45) is 2.88. The van der Waals surface area contributed by atoms with Gasteiger partial charge in [0.1, 0.15) is 5.75 Å². The van der Waals surface area contributed by atoms with Crippen LogP contribution in [0.3, 0.4) is 0 Å². The largest absolute Gasteiger partial charge is 0.497 e. The number of ether oxygens (including phenoxy) is 1. The lowest BCUT2D eigenvalue weighted by molar-refractivity contribution is 0.102. The summed E-state index contributed by atoms with van der Waals surface area (Å²) < 4.78 is 9.19. The number of ketones is 1. The molecule has 3 rings (SSSR count). The number of methoxy groups -OCH3 is 1. The topological polar surface area (TPSA) is 57.0 Å². The minimum atomic E-state index is 0.134. The smallest absolute Gasteiger partial charge is 0.175 e. The highest BCUT2D eigenvalue weighted by Crippen LogP contribution is 2.28. The van der Waals surface area contributed by atoms with Crippen molar-refractivity contribution in [3.63, 3.8) is 0 Å². The first-order valence-corrected chi connectivity index (χ1v) is 11.9. The van der Waals surface area contributed by atoms with Gasteiger partial charge < -0.3 is 9.30 Å². The Hall–Kier alpha value is -1.77. The average molecular weight is 434 g/mol. The summed E-state index contributed by atoms with van der Waals surface area (Å²) in [4.78, 5) is 12.7. The molecule has 0 aliphatic heterocycles. The van der Waals surface area contributed by atoms with E-state index in [1.54, 1.807) is 18.9 Å². The lowest BCUT2D eigenvalue weighted by Crippen LogP contribution is -2.08. The molecule has 5 nitrogen and oxygen atoms in total. The first kappa shape index (κ1) is 21.0. The van der Waals surface area contributed by atoms with Gasteiger partial charge in [-0.05, 0) is 50.3 Å². The molecule has 0 amide bonds. The van der Waals surface area contributed by atoms with Crippen LogP contribution in [-0.2, 0) is 13.0 Å². The van der Waals surface area contributed by atoms with E-state index in [1.807, 2.05) is 31.4 Å². The van der Waals surface area contributed by atoms with Crippen LogP contribution in [0.25, 0.3) is 0 Å². The van der Waals surface area contributed by atoms with Crippen molar-refractivity contribution >= 4 is 40.6 Å².